The van der Waals surface area contributed by atoms with Gasteiger partial charge in [0.2, 0.25) is 5.91 Å². The minimum Gasteiger partial charge on any atom is -0.550 e. The number of amides is 1. The molecule has 7 heteroatoms. The molecule has 1 atom stereocenters. The van der Waals surface area contributed by atoms with Crippen LogP contribution < -0.4 is 15.5 Å². The van der Waals surface area contributed by atoms with E-state index in [-0.39, 0.29) is 56.5 Å². The second-order valence-electron chi connectivity index (χ2n) is 8.05. The Bertz CT molecular complexity index is 445. The largest absolute Gasteiger partial charge is 2.00 e. The summed E-state index contributed by atoms with van der Waals surface area (Å²) in [5.41, 5.74) is 0. The average Bonchev–Trinajstić information content (AvgIpc) is 2.67. The number of hydrogen-bond donors (Lipinski definition) is 1. The van der Waals surface area contributed by atoms with E-state index in [1.54, 1.807) is 0 Å². The standard InChI is InChI=1S/C23H43NO5.Ca/c1-2-3-4-5-6-7-8-9-10-11-12-13-14-15-16-17-21(25)24-20(23(28)29)18-19-22(26)27;/h20H,2-19H2,1H3,(H,24,25)(H,26,27)(H,28,29);/q;+2/p-2/t20-;/m1./s1. The molecule has 0 aromatic carbocycles. The van der Waals surface area contributed by atoms with Gasteiger partial charge in [-0.15, -0.1) is 0 Å². The zero-order valence-electron chi connectivity index (χ0n) is 19.1. The van der Waals surface area contributed by atoms with E-state index in [9.17, 15) is 24.6 Å². The molecule has 0 fully saturated rings. The zero-order chi connectivity index (χ0) is 21.7. The minimum atomic E-state index is -1.46. The summed E-state index contributed by atoms with van der Waals surface area (Å²) in [6, 6.07) is -1.27. The molecule has 6 nitrogen and oxygen atoms in total. The van der Waals surface area contributed by atoms with E-state index in [0.717, 1.165) is 12.8 Å². The maximum absolute atomic E-state index is 11.8. The third-order valence-corrected chi connectivity index (χ3v) is 5.26. The van der Waals surface area contributed by atoms with Crippen LogP contribution in [0.1, 0.15) is 122 Å². The molecule has 0 aliphatic carbocycles. The second-order valence-corrected chi connectivity index (χ2v) is 8.05. The maximum Gasteiger partial charge on any atom is 2.00 e. The van der Waals surface area contributed by atoms with Crippen molar-refractivity contribution in [2.24, 2.45) is 0 Å². The fraction of sp³-hybridized carbons (Fsp3) is 0.870. The number of nitrogens with one attached hydrogen (secondary N) is 1. The predicted molar refractivity (Wildman–Crippen MR) is 116 cm³/mol. The van der Waals surface area contributed by atoms with Crippen molar-refractivity contribution in [2.45, 2.75) is 129 Å². The summed E-state index contributed by atoms with van der Waals surface area (Å²) in [4.78, 5) is 33.1. The van der Waals surface area contributed by atoms with Crippen molar-refractivity contribution in [3.8, 4) is 0 Å². The van der Waals surface area contributed by atoms with E-state index in [2.05, 4.69) is 12.2 Å². The van der Waals surface area contributed by atoms with Gasteiger partial charge in [-0.2, -0.15) is 0 Å². The molecular formula is C23H41CaNO5. The van der Waals surface area contributed by atoms with Gasteiger partial charge in [-0.05, 0) is 19.3 Å². The summed E-state index contributed by atoms with van der Waals surface area (Å²) < 4.78 is 0. The number of hydrogen-bond acceptors (Lipinski definition) is 5. The number of rotatable bonds is 21. The molecular weight excluding hydrogens is 410 g/mol. The van der Waals surface area contributed by atoms with Gasteiger partial charge < -0.3 is 25.1 Å². The molecule has 0 aromatic heterocycles. The van der Waals surface area contributed by atoms with Crippen molar-refractivity contribution in [3.63, 3.8) is 0 Å². The Balaban J connectivity index is 0. The van der Waals surface area contributed by atoms with E-state index in [1.807, 2.05) is 0 Å². The van der Waals surface area contributed by atoms with Gasteiger partial charge in [0.05, 0.1) is 12.0 Å². The number of carboxylic acids is 2. The summed E-state index contributed by atoms with van der Waals surface area (Å²) in [7, 11) is 0. The number of aliphatic carboxylic acids is 2. The smallest absolute Gasteiger partial charge is 0.550 e. The van der Waals surface area contributed by atoms with Gasteiger partial charge in [0.25, 0.3) is 0 Å². The first-order valence-electron chi connectivity index (χ1n) is 11.7. The molecule has 0 unspecified atom stereocenters. The monoisotopic (exact) mass is 451 g/mol. The maximum atomic E-state index is 11.8. The van der Waals surface area contributed by atoms with Gasteiger partial charge in [-0.1, -0.05) is 96.8 Å². The van der Waals surface area contributed by atoms with Gasteiger partial charge >= 0.3 is 37.7 Å². The van der Waals surface area contributed by atoms with Crippen LogP contribution in [0.5, 0.6) is 0 Å². The molecule has 0 aromatic rings. The Morgan fingerprint density at radius 3 is 1.43 bits per heavy atom. The number of unbranched alkanes of at least 4 members (excludes halogenated alkanes) is 14. The first kappa shape index (κ1) is 31.9. The van der Waals surface area contributed by atoms with E-state index in [0.29, 0.717) is 6.42 Å². The SMILES string of the molecule is CCCCCCCCCCCCCCCCCC(=O)N[C@H](CCC(=O)[O-])C(=O)[O-].[Ca+2]. The molecule has 0 aliphatic heterocycles. The van der Waals surface area contributed by atoms with Crippen LogP contribution in [0.3, 0.4) is 0 Å². The molecule has 0 rings (SSSR count). The van der Waals surface area contributed by atoms with Gasteiger partial charge in [-0.25, -0.2) is 0 Å². The van der Waals surface area contributed by atoms with Crippen LogP contribution in [-0.4, -0.2) is 61.6 Å². The van der Waals surface area contributed by atoms with Crippen LogP contribution in [0.4, 0.5) is 0 Å². The van der Waals surface area contributed by atoms with Crippen LogP contribution in [0.2, 0.25) is 0 Å². The van der Waals surface area contributed by atoms with Gasteiger partial charge in [0.15, 0.2) is 0 Å². The van der Waals surface area contributed by atoms with Gasteiger partial charge in [0.1, 0.15) is 0 Å². The summed E-state index contributed by atoms with van der Waals surface area (Å²) in [6.07, 6.45) is 18.3. The van der Waals surface area contributed by atoms with Crippen molar-refractivity contribution in [1.82, 2.24) is 5.32 Å². The molecule has 1 amide bonds. The minimum absolute atomic E-state index is 0. The normalized spacial score (nSPS) is 11.5. The molecule has 0 bridgehead atoms. The van der Waals surface area contributed by atoms with Crippen LogP contribution in [0.25, 0.3) is 0 Å². The third-order valence-electron chi connectivity index (χ3n) is 5.26. The van der Waals surface area contributed by atoms with Gasteiger partial charge in [0, 0.05) is 12.4 Å². The van der Waals surface area contributed by atoms with Crippen LogP contribution in [0.15, 0.2) is 0 Å². The van der Waals surface area contributed by atoms with E-state index in [4.69, 9.17) is 0 Å². The average molecular weight is 452 g/mol. The molecule has 0 saturated carbocycles. The molecule has 30 heavy (non-hydrogen) atoms. The predicted octanol–water partition coefficient (Wildman–Crippen LogP) is 2.63. The van der Waals surface area contributed by atoms with E-state index < -0.39 is 24.4 Å². The number of carbonyl (C=O) groups is 3. The summed E-state index contributed by atoms with van der Waals surface area (Å²) in [6.45, 7) is 2.25. The Hall–Kier alpha value is -0.330. The van der Waals surface area contributed by atoms with Crippen LogP contribution in [-0.2, 0) is 14.4 Å². The topological polar surface area (TPSA) is 109 Å². The number of carboxylic acid groups (broad SMARTS) is 2. The first-order chi connectivity index (χ1) is 14.0. The molecule has 0 saturated heterocycles. The third kappa shape index (κ3) is 22.4. The molecule has 1 N–H and O–H groups in total. The van der Waals surface area contributed by atoms with E-state index >= 15 is 0 Å². The molecule has 0 aliphatic rings. The Morgan fingerprint density at radius 1 is 0.667 bits per heavy atom. The molecule has 170 valence electrons. The Morgan fingerprint density at radius 2 is 1.07 bits per heavy atom. The summed E-state index contributed by atoms with van der Waals surface area (Å²) in [5, 5.41) is 23.7. The summed E-state index contributed by atoms with van der Waals surface area (Å²) >= 11 is 0. The molecule has 0 spiro atoms. The van der Waals surface area contributed by atoms with Gasteiger partial charge in [-0.3, -0.25) is 4.79 Å². The fourth-order valence-corrected chi connectivity index (χ4v) is 3.43. The van der Waals surface area contributed by atoms with Crippen molar-refractivity contribution >= 4 is 55.6 Å². The Labute approximate surface area is 213 Å². The summed E-state index contributed by atoms with van der Waals surface area (Å²) in [5.74, 6) is -3.17. The van der Waals surface area contributed by atoms with Crippen molar-refractivity contribution < 1.29 is 24.6 Å². The van der Waals surface area contributed by atoms with Crippen molar-refractivity contribution in [3.05, 3.63) is 0 Å². The van der Waals surface area contributed by atoms with Crippen LogP contribution >= 0.6 is 0 Å². The Kier molecular flexibility index (Phi) is 24.8. The second kappa shape index (κ2) is 23.3. The van der Waals surface area contributed by atoms with E-state index in [1.165, 1.54) is 77.0 Å². The van der Waals surface area contributed by atoms with Crippen molar-refractivity contribution in [2.75, 3.05) is 0 Å². The molecule has 0 radical (unpaired) electrons. The van der Waals surface area contributed by atoms with Crippen molar-refractivity contribution in [1.29, 1.82) is 0 Å². The molecule has 0 heterocycles. The fourth-order valence-electron chi connectivity index (χ4n) is 3.43. The first-order valence-corrected chi connectivity index (χ1v) is 11.7. The number of carbonyl (C=O) groups excluding carboxylic acids is 3. The van der Waals surface area contributed by atoms with Crippen LogP contribution in [0, 0.1) is 0 Å². The quantitative estimate of drug-likeness (QED) is 0.213. The zero-order valence-corrected chi connectivity index (χ0v) is 21.3.